The number of hydrogen-bond donors (Lipinski definition) is 2. The Bertz CT molecular complexity index is 418. The lowest BCUT2D eigenvalue weighted by Crippen LogP contribution is -2.46. The number of nitrogens with two attached hydrogens (primary N) is 1. The summed E-state index contributed by atoms with van der Waals surface area (Å²) < 4.78 is 5.41. The summed E-state index contributed by atoms with van der Waals surface area (Å²) in [4.78, 5) is 16.1. The summed E-state index contributed by atoms with van der Waals surface area (Å²) in [6, 6.07) is 3.39. The molecule has 1 aromatic heterocycles. The molecule has 0 aromatic carbocycles. The first-order chi connectivity index (χ1) is 9.57. The largest absolute Gasteiger partial charge is 0.476 e. The Balaban J connectivity index is 0. The summed E-state index contributed by atoms with van der Waals surface area (Å²) in [6.07, 6.45) is 2.97. The quantitative estimate of drug-likeness (QED) is 0.688. The summed E-state index contributed by atoms with van der Waals surface area (Å²) in [5.74, 6) is 0.470. The van der Waals surface area contributed by atoms with Gasteiger partial charge in [-0.25, -0.2) is 4.98 Å². The molecule has 8 heteroatoms. The SMILES string of the molecule is CCC(CC)(CN)C(=O)NCCOc1ccc(Cl)cn1.Cl.Cl. The minimum atomic E-state index is -0.474. The predicted molar refractivity (Wildman–Crippen MR) is 94.3 cm³/mol. The van der Waals surface area contributed by atoms with Crippen LogP contribution in [0.15, 0.2) is 18.3 Å². The Morgan fingerprint density at radius 3 is 2.45 bits per heavy atom. The maximum Gasteiger partial charge on any atom is 0.227 e. The third kappa shape index (κ3) is 6.57. The van der Waals surface area contributed by atoms with E-state index in [4.69, 9.17) is 22.1 Å². The van der Waals surface area contributed by atoms with Gasteiger partial charge in [0.05, 0.1) is 17.0 Å². The molecular formula is C14H24Cl3N3O2. The summed E-state index contributed by atoms with van der Waals surface area (Å²) in [7, 11) is 0. The molecule has 0 radical (unpaired) electrons. The highest BCUT2D eigenvalue weighted by molar-refractivity contribution is 6.30. The van der Waals surface area contributed by atoms with Gasteiger partial charge < -0.3 is 15.8 Å². The number of hydrogen-bond acceptors (Lipinski definition) is 4. The topological polar surface area (TPSA) is 77.2 Å². The monoisotopic (exact) mass is 371 g/mol. The highest BCUT2D eigenvalue weighted by Crippen LogP contribution is 2.24. The lowest BCUT2D eigenvalue weighted by molar-refractivity contribution is -0.131. The van der Waals surface area contributed by atoms with E-state index in [2.05, 4.69) is 10.3 Å². The van der Waals surface area contributed by atoms with Crippen LogP contribution >= 0.6 is 36.4 Å². The molecule has 0 aliphatic rings. The summed E-state index contributed by atoms with van der Waals surface area (Å²) >= 11 is 5.73. The molecule has 0 unspecified atom stereocenters. The van der Waals surface area contributed by atoms with Crippen LogP contribution in [0.2, 0.25) is 5.02 Å². The molecule has 22 heavy (non-hydrogen) atoms. The molecule has 0 bridgehead atoms. The van der Waals surface area contributed by atoms with Crippen LogP contribution in [-0.2, 0) is 4.79 Å². The molecule has 1 amide bonds. The average molecular weight is 373 g/mol. The van der Waals surface area contributed by atoms with Crippen molar-refractivity contribution in [2.45, 2.75) is 26.7 Å². The second-order valence-corrected chi connectivity index (χ2v) is 5.05. The van der Waals surface area contributed by atoms with E-state index in [9.17, 15) is 4.79 Å². The van der Waals surface area contributed by atoms with Crippen LogP contribution in [0.1, 0.15) is 26.7 Å². The van der Waals surface area contributed by atoms with E-state index in [0.29, 0.717) is 30.6 Å². The molecule has 5 nitrogen and oxygen atoms in total. The molecule has 0 atom stereocenters. The normalized spacial score (nSPS) is 10.2. The van der Waals surface area contributed by atoms with Crippen LogP contribution in [0.4, 0.5) is 0 Å². The number of halogens is 3. The van der Waals surface area contributed by atoms with Crippen LogP contribution in [0, 0.1) is 5.41 Å². The first-order valence-electron chi connectivity index (χ1n) is 6.80. The highest BCUT2D eigenvalue weighted by atomic mass is 35.5. The van der Waals surface area contributed by atoms with Crippen LogP contribution in [-0.4, -0.2) is 30.6 Å². The van der Waals surface area contributed by atoms with Gasteiger partial charge in [0.1, 0.15) is 6.61 Å². The van der Waals surface area contributed by atoms with Gasteiger partial charge in [0.2, 0.25) is 11.8 Å². The number of aromatic nitrogens is 1. The van der Waals surface area contributed by atoms with Gasteiger partial charge in [0, 0.05) is 18.8 Å². The Labute approximate surface area is 149 Å². The zero-order chi connectivity index (χ0) is 15.0. The Morgan fingerprint density at radius 1 is 1.36 bits per heavy atom. The van der Waals surface area contributed by atoms with Gasteiger partial charge in [-0.2, -0.15) is 0 Å². The van der Waals surface area contributed by atoms with Crippen molar-refractivity contribution in [1.82, 2.24) is 10.3 Å². The van der Waals surface area contributed by atoms with Crippen molar-refractivity contribution < 1.29 is 9.53 Å². The van der Waals surface area contributed by atoms with E-state index in [1.807, 2.05) is 13.8 Å². The second kappa shape index (κ2) is 11.8. The number of nitrogens with zero attached hydrogens (tertiary/aromatic N) is 1. The van der Waals surface area contributed by atoms with Gasteiger partial charge in [-0.15, -0.1) is 24.8 Å². The average Bonchev–Trinajstić information content (AvgIpc) is 2.48. The zero-order valence-electron chi connectivity index (χ0n) is 12.8. The molecule has 0 aliphatic carbocycles. The number of rotatable bonds is 8. The van der Waals surface area contributed by atoms with Gasteiger partial charge in [-0.05, 0) is 18.9 Å². The fraction of sp³-hybridized carbons (Fsp3) is 0.571. The summed E-state index contributed by atoms with van der Waals surface area (Å²) in [5.41, 5.74) is 5.25. The van der Waals surface area contributed by atoms with E-state index in [-0.39, 0.29) is 30.7 Å². The summed E-state index contributed by atoms with van der Waals surface area (Å²) in [5, 5.41) is 3.42. The number of amides is 1. The highest BCUT2D eigenvalue weighted by Gasteiger charge is 2.32. The molecule has 1 heterocycles. The second-order valence-electron chi connectivity index (χ2n) is 4.61. The molecule has 0 saturated heterocycles. The first kappa shape index (κ1) is 23.5. The number of pyridine rings is 1. The standard InChI is InChI=1S/C14H22ClN3O2.2ClH/c1-3-14(4-2,10-16)13(19)17-7-8-20-12-6-5-11(15)9-18-12;;/h5-6,9H,3-4,7-8,10,16H2,1-2H3,(H,17,19);2*1H. The van der Waals surface area contributed by atoms with Gasteiger partial charge in [0.15, 0.2) is 0 Å². The molecule has 128 valence electrons. The van der Waals surface area contributed by atoms with E-state index >= 15 is 0 Å². The van der Waals surface area contributed by atoms with Crippen LogP contribution in [0.3, 0.4) is 0 Å². The lowest BCUT2D eigenvalue weighted by atomic mass is 9.81. The molecule has 1 aromatic rings. The third-order valence-corrected chi connectivity index (χ3v) is 3.79. The number of ether oxygens (including phenoxy) is 1. The van der Waals surface area contributed by atoms with Crippen LogP contribution in [0.25, 0.3) is 0 Å². The van der Waals surface area contributed by atoms with Crippen molar-refractivity contribution in [3.05, 3.63) is 23.4 Å². The lowest BCUT2D eigenvalue weighted by Gasteiger charge is -2.28. The smallest absolute Gasteiger partial charge is 0.227 e. The molecule has 1 rings (SSSR count). The van der Waals surface area contributed by atoms with Crippen molar-refractivity contribution in [2.75, 3.05) is 19.7 Å². The van der Waals surface area contributed by atoms with E-state index in [1.54, 1.807) is 12.1 Å². The molecule has 0 aliphatic heterocycles. The van der Waals surface area contributed by atoms with Gasteiger partial charge in [-0.3, -0.25) is 4.79 Å². The van der Waals surface area contributed by atoms with Gasteiger partial charge >= 0.3 is 0 Å². The van der Waals surface area contributed by atoms with Crippen molar-refractivity contribution in [1.29, 1.82) is 0 Å². The van der Waals surface area contributed by atoms with Crippen LogP contribution in [0.5, 0.6) is 5.88 Å². The number of carbonyl (C=O) groups excluding carboxylic acids is 1. The Hall–Kier alpha value is -0.750. The van der Waals surface area contributed by atoms with Crippen molar-refractivity contribution in [3.8, 4) is 5.88 Å². The predicted octanol–water partition coefficient (Wildman–Crippen LogP) is 2.84. The minimum absolute atomic E-state index is 0. The third-order valence-electron chi connectivity index (χ3n) is 3.56. The van der Waals surface area contributed by atoms with Gasteiger partial charge in [-0.1, -0.05) is 25.4 Å². The molecule has 0 fully saturated rings. The van der Waals surface area contributed by atoms with Crippen LogP contribution < -0.4 is 15.8 Å². The van der Waals surface area contributed by atoms with Crippen molar-refractivity contribution in [2.24, 2.45) is 11.1 Å². The maximum atomic E-state index is 12.1. The molecule has 0 saturated carbocycles. The van der Waals surface area contributed by atoms with E-state index in [1.165, 1.54) is 6.20 Å². The van der Waals surface area contributed by atoms with Gasteiger partial charge in [0.25, 0.3) is 0 Å². The van der Waals surface area contributed by atoms with E-state index < -0.39 is 5.41 Å². The van der Waals surface area contributed by atoms with E-state index in [0.717, 1.165) is 12.8 Å². The minimum Gasteiger partial charge on any atom is -0.476 e. The van der Waals surface area contributed by atoms with Crippen molar-refractivity contribution in [3.63, 3.8) is 0 Å². The first-order valence-corrected chi connectivity index (χ1v) is 7.18. The molecule has 0 spiro atoms. The maximum absolute atomic E-state index is 12.1. The Kier molecular flexibility index (Phi) is 12.6. The number of nitrogens with one attached hydrogen (secondary N) is 1. The molecular weight excluding hydrogens is 349 g/mol. The zero-order valence-corrected chi connectivity index (χ0v) is 15.2. The molecule has 3 N–H and O–H groups in total. The fourth-order valence-electron chi connectivity index (χ4n) is 1.91. The number of carbonyl (C=O) groups is 1. The summed E-state index contributed by atoms with van der Waals surface area (Å²) in [6.45, 7) is 5.08. The van der Waals surface area contributed by atoms with Crippen molar-refractivity contribution >= 4 is 42.3 Å². The fourth-order valence-corrected chi connectivity index (χ4v) is 2.02. The Morgan fingerprint density at radius 2 is 2.00 bits per heavy atom.